The molecule has 126 valence electrons. The molecule has 0 fully saturated rings. The number of rotatable bonds is 3. The van der Waals surface area contributed by atoms with Crippen molar-refractivity contribution in [3.8, 4) is 6.07 Å². The summed E-state index contributed by atoms with van der Waals surface area (Å²) in [6.45, 7) is 5.78. The number of hydrogen-bond donors (Lipinski definition) is 1. The number of nitrogens with one attached hydrogen (secondary N) is 1. The van der Waals surface area contributed by atoms with Gasteiger partial charge in [-0.15, -0.1) is 11.3 Å². The van der Waals surface area contributed by atoms with E-state index in [1.165, 1.54) is 16.2 Å². The van der Waals surface area contributed by atoms with Gasteiger partial charge < -0.3 is 5.32 Å². The summed E-state index contributed by atoms with van der Waals surface area (Å²) in [6.07, 6.45) is 4.63. The van der Waals surface area contributed by atoms with Crippen molar-refractivity contribution in [2.24, 2.45) is 5.92 Å². The van der Waals surface area contributed by atoms with Gasteiger partial charge in [0, 0.05) is 11.1 Å². The Morgan fingerprint density at radius 3 is 3.00 bits per heavy atom. The van der Waals surface area contributed by atoms with Gasteiger partial charge in [-0.05, 0) is 44.6 Å². The third-order valence-electron chi connectivity index (χ3n) is 4.49. The van der Waals surface area contributed by atoms with Gasteiger partial charge in [-0.3, -0.25) is 9.48 Å². The number of aryl methyl sites for hydroxylation is 1. The standard InChI is InChI=1S/C17H19ClN4OS/c1-9-4-5-12-13(7-19)17(24-15(12)6-9)20-16(23)11(3)22-8-14(18)10(2)21-22/h8-9,11H,4-6H2,1-3H3,(H,20,23)/t9-,11+/m1/s1. The normalized spacial score (nSPS) is 17.9. The van der Waals surface area contributed by atoms with E-state index in [0.717, 1.165) is 24.8 Å². The van der Waals surface area contributed by atoms with Crippen LogP contribution in [0.4, 0.5) is 5.00 Å². The minimum Gasteiger partial charge on any atom is -0.315 e. The summed E-state index contributed by atoms with van der Waals surface area (Å²) in [5.74, 6) is 0.427. The van der Waals surface area contributed by atoms with Gasteiger partial charge in [0.25, 0.3) is 0 Å². The zero-order valence-electron chi connectivity index (χ0n) is 13.9. The van der Waals surface area contributed by atoms with Crippen molar-refractivity contribution < 1.29 is 4.79 Å². The first kappa shape index (κ1) is 17.0. The molecule has 2 aromatic heterocycles. The largest absolute Gasteiger partial charge is 0.315 e. The third-order valence-corrected chi connectivity index (χ3v) is 6.03. The average Bonchev–Trinajstić information content (AvgIpc) is 3.05. The van der Waals surface area contributed by atoms with Gasteiger partial charge in [-0.25, -0.2) is 0 Å². The zero-order valence-corrected chi connectivity index (χ0v) is 15.5. The molecule has 1 amide bonds. The molecule has 0 radical (unpaired) electrons. The molecule has 0 saturated heterocycles. The lowest BCUT2D eigenvalue weighted by Crippen LogP contribution is -2.24. The Bertz CT molecular complexity index is 813. The van der Waals surface area contributed by atoms with E-state index in [0.29, 0.717) is 27.2 Å². The quantitative estimate of drug-likeness (QED) is 0.893. The highest BCUT2D eigenvalue weighted by atomic mass is 35.5. The summed E-state index contributed by atoms with van der Waals surface area (Å²) in [4.78, 5) is 13.8. The molecule has 0 saturated carbocycles. The maximum Gasteiger partial charge on any atom is 0.249 e. The Kier molecular flexibility index (Phi) is 4.66. The lowest BCUT2D eigenvalue weighted by Gasteiger charge is -2.17. The zero-order chi connectivity index (χ0) is 17.4. The number of halogens is 1. The molecular formula is C17H19ClN4OS. The van der Waals surface area contributed by atoms with Crippen LogP contribution in [0.15, 0.2) is 6.20 Å². The fraction of sp³-hybridized carbons (Fsp3) is 0.471. The van der Waals surface area contributed by atoms with Crippen molar-refractivity contribution in [3.05, 3.63) is 32.9 Å². The Labute approximate surface area is 150 Å². The number of thiophene rings is 1. The smallest absolute Gasteiger partial charge is 0.249 e. The van der Waals surface area contributed by atoms with Crippen LogP contribution < -0.4 is 5.32 Å². The summed E-state index contributed by atoms with van der Waals surface area (Å²) in [7, 11) is 0. The molecular weight excluding hydrogens is 344 g/mol. The maximum atomic E-state index is 12.6. The molecule has 7 heteroatoms. The molecule has 2 atom stereocenters. The number of amides is 1. The average molecular weight is 363 g/mol. The number of fused-ring (bicyclic) bond motifs is 1. The molecule has 0 spiro atoms. The minimum atomic E-state index is -0.499. The van der Waals surface area contributed by atoms with Gasteiger partial charge in [0.05, 0.1) is 16.3 Å². The van der Waals surface area contributed by atoms with Gasteiger partial charge in [0.1, 0.15) is 17.1 Å². The van der Waals surface area contributed by atoms with Crippen LogP contribution >= 0.6 is 22.9 Å². The number of anilines is 1. The predicted octanol–water partition coefficient (Wildman–Crippen LogP) is 4.10. The molecule has 3 rings (SSSR count). The number of nitriles is 1. The second-order valence-corrected chi connectivity index (χ2v) is 7.89. The SMILES string of the molecule is Cc1nn([C@@H](C)C(=O)Nc2sc3c(c2C#N)CC[C@@H](C)C3)cc1Cl. The molecule has 0 bridgehead atoms. The van der Waals surface area contributed by atoms with Crippen LogP contribution in [0, 0.1) is 24.2 Å². The van der Waals surface area contributed by atoms with Crippen molar-refractivity contribution in [2.45, 2.75) is 46.1 Å². The van der Waals surface area contributed by atoms with E-state index in [9.17, 15) is 10.1 Å². The van der Waals surface area contributed by atoms with Gasteiger partial charge in [-0.1, -0.05) is 18.5 Å². The van der Waals surface area contributed by atoms with Crippen molar-refractivity contribution >= 4 is 33.8 Å². The van der Waals surface area contributed by atoms with Crippen LogP contribution in [0.25, 0.3) is 0 Å². The van der Waals surface area contributed by atoms with E-state index in [1.807, 2.05) is 0 Å². The first-order chi connectivity index (χ1) is 11.4. The molecule has 1 aliphatic rings. The number of carbonyl (C=O) groups is 1. The molecule has 2 aromatic rings. The van der Waals surface area contributed by atoms with E-state index >= 15 is 0 Å². The summed E-state index contributed by atoms with van der Waals surface area (Å²) >= 11 is 7.54. The van der Waals surface area contributed by atoms with Crippen LogP contribution in [0.5, 0.6) is 0 Å². The minimum absolute atomic E-state index is 0.197. The number of aromatic nitrogens is 2. The molecule has 1 aliphatic carbocycles. The van der Waals surface area contributed by atoms with E-state index in [1.54, 1.807) is 24.7 Å². The predicted molar refractivity (Wildman–Crippen MR) is 95.5 cm³/mol. The van der Waals surface area contributed by atoms with Crippen molar-refractivity contribution in [2.75, 3.05) is 5.32 Å². The summed E-state index contributed by atoms with van der Waals surface area (Å²) in [5, 5.41) is 17.9. The molecule has 0 aromatic carbocycles. The monoisotopic (exact) mass is 362 g/mol. The van der Waals surface area contributed by atoms with Crippen molar-refractivity contribution in [3.63, 3.8) is 0 Å². The lowest BCUT2D eigenvalue weighted by atomic mass is 9.88. The van der Waals surface area contributed by atoms with E-state index in [-0.39, 0.29) is 5.91 Å². The fourth-order valence-corrected chi connectivity index (χ4v) is 4.45. The molecule has 24 heavy (non-hydrogen) atoms. The highest BCUT2D eigenvalue weighted by molar-refractivity contribution is 7.16. The third kappa shape index (κ3) is 3.06. The van der Waals surface area contributed by atoms with Crippen LogP contribution in [0.2, 0.25) is 5.02 Å². The number of carbonyl (C=O) groups excluding carboxylic acids is 1. The highest BCUT2D eigenvalue weighted by Crippen LogP contribution is 2.39. The Morgan fingerprint density at radius 2 is 2.38 bits per heavy atom. The number of hydrogen-bond acceptors (Lipinski definition) is 4. The van der Waals surface area contributed by atoms with Gasteiger partial charge in [-0.2, -0.15) is 10.4 Å². The van der Waals surface area contributed by atoms with Crippen LogP contribution in [-0.2, 0) is 17.6 Å². The van der Waals surface area contributed by atoms with Crippen molar-refractivity contribution in [1.82, 2.24) is 9.78 Å². The molecule has 0 aliphatic heterocycles. The van der Waals surface area contributed by atoms with Crippen LogP contribution in [-0.4, -0.2) is 15.7 Å². The summed E-state index contributed by atoms with van der Waals surface area (Å²) in [6, 6.07) is 1.77. The molecule has 1 N–H and O–H groups in total. The van der Waals surface area contributed by atoms with Gasteiger partial charge in [0.15, 0.2) is 0 Å². The second kappa shape index (κ2) is 6.58. The van der Waals surface area contributed by atoms with Gasteiger partial charge >= 0.3 is 0 Å². The van der Waals surface area contributed by atoms with Crippen LogP contribution in [0.1, 0.15) is 48.0 Å². The van der Waals surface area contributed by atoms with Gasteiger partial charge in [0.2, 0.25) is 5.91 Å². The van der Waals surface area contributed by atoms with E-state index in [4.69, 9.17) is 11.6 Å². The Hall–Kier alpha value is -1.84. The second-order valence-electron chi connectivity index (χ2n) is 6.38. The molecule has 0 unspecified atom stereocenters. The van der Waals surface area contributed by atoms with Crippen molar-refractivity contribution in [1.29, 1.82) is 5.26 Å². The topological polar surface area (TPSA) is 70.7 Å². The fourth-order valence-electron chi connectivity index (χ4n) is 2.95. The molecule has 5 nitrogen and oxygen atoms in total. The molecule has 2 heterocycles. The maximum absolute atomic E-state index is 12.6. The number of nitrogens with zero attached hydrogens (tertiary/aromatic N) is 3. The summed E-state index contributed by atoms with van der Waals surface area (Å²) in [5.41, 5.74) is 2.42. The van der Waals surface area contributed by atoms with Crippen LogP contribution in [0.3, 0.4) is 0 Å². The summed E-state index contributed by atoms with van der Waals surface area (Å²) < 4.78 is 1.55. The first-order valence-electron chi connectivity index (χ1n) is 7.97. The van der Waals surface area contributed by atoms with E-state index in [2.05, 4.69) is 23.4 Å². The van der Waals surface area contributed by atoms with E-state index < -0.39 is 6.04 Å². The first-order valence-corrected chi connectivity index (χ1v) is 9.17. The Morgan fingerprint density at radius 1 is 1.62 bits per heavy atom. The Balaban J connectivity index is 1.83. The lowest BCUT2D eigenvalue weighted by molar-refractivity contribution is -0.119. The highest BCUT2D eigenvalue weighted by Gasteiger charge is 2.26.